The van der Waals surface area contributed by atoms with Crippen LogP contribution in [0.15, 0.2) is 36.4 Å². The molecule has 0 aromatic heterocycles. The van der Waals surface area contributed by atoms with Gasteiger partial charge in [-0.1, -0.05) is 24.3 Å². The summed E-state index contributed by atoms with van der Waals surface area (Å²) in [6.07, 6.45) is 3.20. The van der Waals surface area contributed by atoms with E-state index < -0.39 is 29.5 Å². The van der Waals surface area contributed by atoms with Crippen molar-refractivity contribution in [2.75, 3.05) is 25.5 Å². The number of carbonyl (C=O) groups is 2. The van der Waals surface area contributed by atoms with Crippen LogP contribution >= 0.6 is 0 Å². The monoisotopic (exact) mass is 328 g/mol. The topological polar surface area (TPSA) is 70.1 Å². The molecule has 2 fully saturated rings. The van der Waals surface area contributed by atoms with Crippen molar-refractivity contribution in [3.63, 3.8) is 0 Å². The number of benzene rings is 1. The van der Waals surface area contributed by atoms with E-state index in [2.05, 4.69) is 0 Å². The second-order valence-electron chi connectivity index (χ2n) is 6.99. The van der Waals surface area contributed by atoms with Crippen LogP contribution in [0.25, 0.3) is 0 Å². The van der Waals surface area contributed by atoms with Crippen LogP contribution in [0.1, 0.15) is 5.56 Å². The van der Waals surface area contributed by atoms with E-state index in [0.29, 0.717) is 13.1 Å². The molecule has 3 aliphatic heterocycles. The lowest BCUT2D eigenvalue weighted by Crippen LogP contribution is -2.39. The highest BCUT2D eigenvalue weighted by Crippen LogP contribution is 2.52. The van der Waals surface area contributed by atoms with E-state index >= 15 is 0 Å². The molecule has 1 aromatic rings. The molecule has 2 saturated heterocycles. The minimum Gasteiger partial charge on any atom is -0.481 e. The molecule has 6 heteroatoms. The first kappa shape index (κ1) is 15.2. The van der Waals surface area contributed by atoms with Gasteiger partial charge in [0.25, 0.3) is 0 Å². The van der Waals surface area contributed by atoms with Gasteiger partial charge in [0.15, 0.2) is 0 Å². The average molecular weight is 328 g/mol. The number of anilines is 1. The maximum atomic E-state index is 12.8. The second-order valence-corrected chi connectivity index (χ2v) is 6.99. The molecule has 24 heavy (non-hydrogen) atoms. The molecule has 2 bridgehead atoms. The van der Waals surface area contributed by atoms with Gasteiger partial charge in [-0.25, -0.2) is 0 Å². The molecule has 4 atom stereocenters. The number of carboxylic acid groups (broad SMARTS) is 1. The highest BCUT2D eigenvalue weighted by molar-refractivity contribution is 5.90. The summed E-state index contributed by atoms with van der Waals surface area (Å²) in [5, 5.41) is 9.47. The number of nitrogens with zero attached hydrogens (tertiary/aromatic N) is 2. The summed E-state index contributed by atoms with van der Waals surface area (Å²) in [6, 6.07) is 8.02. The Hall–Kier alpha value is -2.34. The minimum atomic E-state index is -0.957. The Kier molecular flexibility index (Phi) is 3.22. The molecule has 1 aromatic carbocycles. The van der Waals surface area contributed by atoms with Crippen molar-refractivity contribution >= 4 is 17.6 Å². The van der Waals surface area contributed by atoms with E-state index in [1.165, 1.54) is 0 Å². The third kappa shape index (κ3) is 2.06. The van der Waals surface area contributed by atoms with Crippen molar-refractivity contribution in [1.29, 1.82) is 0 Å². The van der Waals surface area contributed by atoms with E-state index in [0.717, 1.165) is 11.3 Å². The lowest BCUT2D eigenvalue weighted by Gasteiger charge is -2.21. The number of amides is 1. The van der Waals surface area contributed by atoms with Gasteiger partial charge in [-0.05, 0) is 17.7 Å². The zero-order valence-corrected chi connectivity index (χ0v) is 13.7. The first-order chi connectivity index (χ1) is 11.4. The van der Waals surface area contributed by atoms with Gasteiger partial charge < -0.3 is 19.6 Å². The molecule has 6 nitrogen and oxygen atoms in total. The molecule has 1 spiro atoms. The molecular formula is C18H20N2O4. The van der Waals surface area contributed by atoms with Gasteiger partial charge in [0, 0.05) is 26.3 Å². The highest BCUT2D eigenvalue weighted by atomic mass is 16.5. The summed E-state index contributed by atoms with van der Waals surface area (Å²) in [4.78, 5) is 28.1. The molecule has 0 radical (unpaired) electrons. The summed E-state index contributed by atoms with van der Waals surface area (Å²) in [5.74, 6) is -2.46. The molecule has 0 saturated carbocycles. The van der Waals surface area contributed by atoms with Crippen molar-refractivity contribution in [2.24, 2.45) is 11.8 Å². The van der Waals surface area contributed by atoms with Crippen molar-refractivity contribution < 1.29 is 19.4 Å². The van der Waals surface area contributed by atoms with Gasteiger partial charge in [0.05, 0.1) is 18.6 Å². The fraction of sp³-hybridized carbons (Fsp3) is 0.444. The van der Waals surface area contributed by atoms with E-state index in [4.69, 9.17) is 4.74 Å². The number of aliphatic carboxylic acids is 1. The number of fused-ring (bicyclic) bond motifs is 1. The number of hydrogen-bond donors (Lipinski definition) is 1. The third-order valence-electron chi connectivity index (χ3n) is 5.29. The Morgan fingerprint density at radius 3 is 2.71 bits per heavy atom. The number of hydrogen-bond acceptors (Lipinski definition) is 4. The summed E-state index contributed by atoms with van der Waals surface area (Å²) < 4.78 is 5.89. The van der Waals surface area contributed by atoms with Crippen LogP contribution in [-0.4, -0.2) is 54.2 Å². The normalized spacial score (nSPS) is 33.2. The maximum Gasteiger partial charge on any atom is 0.310 e. The molecule has 1 N–H and O–H groups in total. The number of ether oxygens (including phenoxy) is 1. The SMILES string of the molecule is CN(C)c1ccc(CN2C[C@@]34C=C[C@H](O3)[C@@H](C(=O)O)[C@@H]4C2=O)cc1. The van der Waals surface area contributed by atoms with Gasteiger partial charge in [0.2, 0.25) is 5.91 Å². The molecule has 1 amide bonds. The van der Waals surface area contributed by atoms with Crippen LogP contribution in [-0.2, 0) is 20.9 Å². The van der Waals surface area contributed by atoms with Crippen LogP contribution in [0, 0.1) is 11.8 Å². The molecule has 126 valence electrons. The predicted molar refractivity (Wildman–Crippen MR) is 87.5 cm³/mol. The first-order valence-corrected chi connectivity index (χ1v) is 8.06. The van der Waals surface area contributed by atoms with Crippen molar-refractivity contribution in [3.8, 4) is 0 Å². The minimum absolute atomic E-state index is 0.120. The summed E-state index contributed by atoms with van der Waals surface area (Å²) in [7, 11) is 3.96. The second kappa shape index (κ2) is 5.08. The number of carbonyl (C=O) groups excluding carboxylic acids is 1. The van der Waals surface area contributed by atoms with Crippen molar-refractivity contribution in [2.45, 2.75) is 18.2 Å². The Morgan fingerprint density at radius 1 is 1.38 bits per heavy atom. The van der Waals surface area contributed by atoms with Crippen LogP contribution in [0.3, 0.4) is 0 Å². The number of rotatable bonds is 4. The average Bonchev–Trinajstić information content (AvgIpc) is 3.16. The first-order valence-electron chi connectivity index (χ1n) is 8.06. The Bertz CT molecular complexity index is 727. The number of likely N-dealkylation sites (tertiary alicyclic amines) is 1. The predicted octanol–water partition coefficient (Wildman–Crippen LogP) is 1.12. The van der Waals surface area contributed by atoms with Crippen molar-refractivity contribution in [3.05, 3.63) is 42.0 Å². The zero-order valence-electron chi connectivity index (χ0n) is 13.7. The van der Waals surface area contributed by atoms with Crippen LogP contribution in [0.2, 0.25) is 0 Å². The molecule has 0 aliphatic carbocycles. The quantitative estimate of drug-likeness (QED) is 0.839. The smallest absolute Gasteiger partial charge is 0.310 e. The van der Waals surface area contributed by atoms with Crippen LogP contribution in [0.5, 0.6) is 0 Å². The maximum absolute atomic E-state index is 12.8. The van der Waals surface area contributed by atoms with Crippen molar-refractivity contribution in [1.82, 2.24) is 4.90 Å². The Labute approximate surface area is 140 Å². The third-order valence-corrected chi connectivity index (χ3v) is 5.29. The van der Waals surface area contributed by atoms with Gasteiger partial charge >= 0.3 is 5.97 Å². The summed E-state index contributed by atoms with van der Waals surface area (Å²) in [5.41, 5.74) is 1.36. The van der Waals surface area contributed by atoms with E-state index in [-0.39, 0.29) is 5.91 Å². The van der Waals surface area contributed by atoms with Crippen LogP contribution < -0.4 is 4.90 Å². The van der Waals surface area contributed by atoms with Gasteiger partial charge in [-0.3, -0.25) is 9.59 Å². The lowest BCUT2D eigenvalue weighted by atomic mass is 9.77. The Morgan fingerprint density at radius 2 is 2.08 bits per heavy atom. The Balaban J connectivity index is 1.55. The molecule has 3 heterocycles. The fourth-order valence-corrected chi connectivity index (χ4v) is 4.11. The summed E-state index contributed by atoms with van der Waals surface area (Å²) in [6.45, 7) is 0.891. The van der Waals surface area contributed by atoms with Gasteiger partial charge in [0.1, 0.15) is 11.5 Å². The van der Waals surface area contributed by atoms with E-state index in [9.17, 15) is 14.7 Å². The zero-order chi connectivity index (χ0) is 17.1. The highest BCUT2D eigenvalue weighted by Gasteiger charge is 2.66. The molecular weight excluding hydrogens is 308 g/mol. The number of carboxylic acids is 1. The largest absolute Gasteiger partial charge is 0.481 e. The standard InChI is InChI=1S/C18H20N2O4/c1-19(2)12-5-3-11(4-6-12)9-20-10-18-8-7-13(24-18)14(17(22)23)15(18)16(20)21/h3-8,13-15H,9-10H2,1-2H3,(H,22,23)/t13-,14+,15+,18+/m0/s1. The van der Waals surface area contributed by atoms with Gasteiger partial charge in [-0.2, -0.15) is 0 Å². The van der Waals surface area contributed by atoms with E-state index in [1.54, 1.807) is 11.0 Å². The molecule has 4 rings (SSSR count). The molecule has 3 aliphatic rings. The van der Waals surface area contributed by atoms with E-state index in [1.807, 2.05) is 49.3 Å². The molecule has 0 unspecified atom stereocenters. The lowest BCUT2D eigenvalue weighted by molar-refractivity contribution is -0.148. The van der Waals surface area contributed by atoms with Crippen LogP contribution in [0.4, 0.5) is 5.69 Å². The summed E-state index contributed by atoms with van der Waals surface area (Å²) >= 11 is 0. The van der Waals surface area contributed by atoms with Gasteiger partial charge in [-0.15, -0.1) is 0 Å². The fourth-order valence-electron chi connectivity index (χ4n) is 4.11.